The Labute approximate surface area is 180 Å². The summed E-state index contributed by atoms with van der Waals surface area (Å²) in [6.45, 7) is 7.34. The Morgan fingerprint density at radius 2 is 2.03 bits per heavy atom. The molecule has 1 saturated heterocycles. The van der Waals surface area contributed by atoms with Gasteiger partial charge in [-0.3, -0.25) is 9.36 Å². The van der Waals surface area contributed by atoms with Crippen LogP contribution >= 0.6 is 11.8 Å². The maximum Gasteiger partial charge on any atom is 0.234 e. The number of thioether (sulfide) groups is 1. The number of aryl methyl sites for hydroxylation is 3. The minimum Gasteiger partial charge on any atom is -0.469 e. The smallest absolute Gasteiger partial charge is 0.234 e. The van der Waals surface area contributed by atoms with E-state index in [-0.39, 0.29) is 17.8 Å². The molecule has 1 aliphatic rings. The normalized spacial score (nSPS) is 16.2. The fraction of sp³-hybridized carbons (Fsp3) is 0.409. The minimum absolute atomic E-state index is 0.0647. The van der Waals surface area contributed by atoms with E-state index in [1.54, 1.807) is 6.26 Å². The van der Waals surface area contributed by atoms with Crippen LogP contribution < -0.4 is 5.32 Å². The van der Waals surface area contributed by atoms with Crippen molar-refractivity contribution in [3.05, 3.63) is 47.4 Å². The number of amides is 1. The number of carbonyl (C=O) groups is 1. The van der Waals surface area contributed by atoms with E-state index in [0.29, 0.717) is 11.7 Å². The number of para-hydroxylation sites is 1. The summed E-state index contributed by atoms with van der Waals surface area (Å²) >= 11 is 1.38. The molecule has 0 bridgehead atoms. The predicted octanol–water partition coefficient (Wildman–Crippen LogP) is 4.37. The van der Waals surface area contributed by atoms with Crippen LogP contribution in [0.25, 0.3) is 11.4 Å². The SMILES string of the molecule is Cc1cccc(C)c1NC(=O)CSc1nnc(-c2ccoc2C)n1C[C@@H]1CCCO1. The van der Waals surface area contributed by atoms with Gasteiger partial charge in [-0.25, -0.2) is 0 Å². The molecular weight excluding hydrogens is 400 g/mol. The summed E-state index contributed by atoms with van der Waals surface area (Å²) in [5.74, 6) is 1.72. The van der Waals surface area contributed by atoms with Crippen LogP contribution in [0.3, 0.4) is 0 Å². The summed E-state index contributed by atoms with van der Waals surface area (Å²) in [7, 11) is 0. The molecule has 8 heteroatoms. The largest absolute Gasteiger partial charge is 0.469 e. The minimum atomic E-state index is -0.0647. The van der Waals surface area contributed by atoms with E-state index in [0.717, 1.165) is 53.4 Å². The van der Waals surface area contributed by atoms with Gasteiger partial charge in [0.15, 0.2) is 11.0 Å². The number of hydrogen-bond acceptors (Lipinski definition) is 6. The van der Waals surface area contributed by atoms with Gasteiger partial charge >= 0.3 is 0 Å². The van der Waals surface area contributed by atoms with Crippen molar-refractivity contribution in [2.45, 2.75) is 51.4 Å². The lowest BCUT2D eigenvalue weighted by Crippen LogP contribution is -2.18. The van der Waals surface area contributed by atoms with Crippen LogP contribution in [0, 0.1) is 20.8 Å². The number of hydrogen-bond donors (Lipinski definition) is 1. The third kappa shape index (κ3) is 4.44. The van der Waals surface area contributed by atoms with E-state index in [1.807, 2.05) is 49.6 Å². The van der Waals surface area contributed by atoms with Gasteiger partial charge in [0.25, 0.3) is 0 Å². The fourth-order valence-corrected chi connectivity index (χ4v) is 4.43. The summed E-state index contributed by atoms with van der Waals surface area (Å²) in [6, 6.07) is 7.87. The average Bonchev–Trinajstić information content (AvgIpc) is 3.46. The number of anilines is 1. The van der Waals surface area contributed by atoms with E-state index in [4.69, 9.17) is 9.15 Å². The fourth-order valence-electron chi connectivity index (χ4n) is 3.69. The second kappa shape index (κ2) is 9.06. The Balaban J connectivity index is 1.51. The first-order valence-electron chi connectivity index (χ1n) is 10.1. The summed E-state index contributed by atoms with van der Waals surface area (Å²) in [6.07, 6.45) is 3.86. The molecule has 2 aromatic heterocycles. The van der Waals surface area contributed by atoms with E-state index >= 15 is 0 Å². The molecule has 1 amide bonds. The van der Waals surface area contributed by atoms with Gasteiger partial charge in [0, 0.05) is 12.3 Å². The number of aromatic nitrogens is 3. The van der Waals surface area contributed by atoms with Gasteiger partial charge in [-0.05, 0) is 50.8 Å². The molecule has 0 saturated carbocycles. The predicted molar refractivity (Wildman–Crippen MR) is 117 cm³/mol. The van der Waals surface area contributed by atoms with Gasteiger partial charge in [0.2, 0.25) is 5.91 Å². The lowest BCUT2D eigenvalue weighted by atomic mass is 10.1. The highest BCUT2D eigenvalue weighted by molar-refractivity contribution is 7.99. The van der Waals surface area contributed by atoms with Gasteiger partial charge < -0.3 is 14.5 Å². The maximum atomic E-state index is 12.6. The molecule has 0 spiro atoms. The second-order valence-electron chi connectivity index (χ2n) is 7.55. The molecule has 158 valence electrons. The van der Waals surface area contributed by atoms with Gasteiger partial charge in [-0.15, -0.1) is 10.2 Å². The number of furan rings is 1. The second-order valence-corrected chi connectivity index (χ2v) is 8.49. The van der Waals surface area contributed by atoms with Crippen LogP contribution in [0.1, 0.15) is 29.7 Å². The number of carbonyl (C=O) groups excluding carboxylic acids is 1. The highest BCUT2D eigenvalue weighted by Crippen LogP contribution is 2.29. The first-order valence-corrected chi connectivity index (χ1v) is 11.1. The molecule has 0 radical (unpaired) electrons. The Morgan fingerprint density at radius 1 is 1.23 bits per heavy atom. The zero-order chi connectivity index (χ0) is 21.1. The standard InChI is InChI=1S/C22H26N4O3S/c1-14-6-4-7-15(2)20(14)23-19(27)13-30-22-25-24-21(18-9-11-28-16(18)3)26(22)12-17-8-5-10-29-17/h4,6-7,9,11,17H,5,8,10,12-13H2,1-3H3,(H,23,27)/t17-/m0/s1. The number of benzene rings is 1. The molecule has 7 nitrogen and oxygen atoms in total. The summed E-state index contributed by atoms with van der Waals surface area (Å²) in [5.41, 5.74) is 3.88. The maximum absolute atomic E-state index is 12.6. The monoisotopic (exact) mass is 426 g/mol. The van der Waals surface area contributed by atoms with Gasteiger partial charge in [0.05, 0.1) is 30.2 Å². The lowest BCUT2D eigenvalue weighted by molar-refractivity contribution is -0.113. The topological polar surface area (TPSA) is 82.2 Å². The van der Waals surface area contributed by atoms with E-state index < -0.39 is 0 Å². The molecule has 0 unspecified atom stereocenters. The summed E-state index contributed by atoms with van der Waals surface area (Å²) < 4.78 is 13.3. The zero-order valence-electron chi connectivity index (χ0n) is 17.5. The summed E-state index contributed by atoms with van der Waals surface area (Å²) in [5, 5.41) is 12.5. The number of nitrogens with zero attached hydrogens (tertiary/aromatic N) is 3. The van der Waals surface area contributed by atoms with Crippen LogP contribution in [0.4, 0.5) is 5.69 Å². The van der Waals surface area contributed by atoms with E-state index in [1.165, 1.54) is 11.8 Å². The van der Waals surface area contributed by atoms with Crippen molar-refractivity contribution in [2.24, 2.45) is 0 Å². The average molecular weight is 427 g/mol. The molecule has 3 heterocycles. The van der Waals surface area contributed by atoms with Gasteiger partial charge in [0.1, 0.15) is 5.76 Å². The molecule has 1 aliphatic heterocycles. The van der Waals surface area contributed by atoms with Crippen LogP contribution in [0.2, 0.25) is 0 Å². The van der Waals surface area contributed by atoms with Crippen molar-refractivity contribution >= 4 is 23.4 Å². The highest BCUT2D eigenvalue weighted by atomic mass is 32.2. The van der Waals surface area contributed by atoms with Crippen molar-refractivity contribution in [1.82, 2.24) is 14.8 Å². The molecular formula is C22H26N4O3S. The lowest BCUT2D eigenvalue weighted by Gasteiger charge is -2.15. The van der Waals surface area contributed by atoms with E-state index in [9.17, 15) is 4.79 Å². The molecule has 3 aromatic rings. The molecule has 0 aliphatic carbocycles. The van der Waals surface area contributed by atoms with Crippen molar-refractivity contribution in [1.29, 1.82) is 0 Å². The molecule has 1 fully saturated rings. The van der Waals surface area contributed by atoms with Crippen LogP contribution in [-0.2, 0) is 16.1 Å². The third-order valence-corrected chi connectivity index (χ3v) is 6.27. The van der Waals surface area contributed by atoms with Crippen molar-refractivity contribution in [3.8, 4) is 11.4 Å². The number of rotatable bonds is 7. The Bertz CT molecular complexity index is 1020. The Kier molecular flexibility index (Phi) is 6.24. The first-order chi connectivity index (χ1) is 14.5. The quantitative estimate of drug-likeness (QED) is 0.565. The van der Waals surface area contributed by atoms with E-state index in [2.05, 4.69) is 15.5 Å². The van der Waals surface area contributed by atoms with Gasteiger partial charge in [-0.1, -0.05) is 30.0 Å². The van der Waals surface area contributed by atoms with Crippen molar-refractivity contribution < 1.29 is 13.9 Å². The first kappa shape index (κ1) is 20.7. The molecule has 1 atom stereocenters. The Hall–Kier alpha value is -2.58. The third-order valence-electron chi connectivity index (χ3n) is 5.30. The van der Waals surface area contributed by atoms with Crippen LogP contribution in [-0.4, -0.2) is 39.1 Å². The van der Waals surface area contributed by atoms with Crippen molar-refractivity contribution in [2.75, 3.05) is 17.7 Å². The van der Waals surface area contributed by atoms with Crippen molar-refractivity contribution in [3.63, 3.8) is 0 Å². The molecule has 1 N–H and O–H groups in total. The summed E-state index contributed by atoms with van der Waals surface area (Å²) in [4.78, 5) is 12.6. The number of nitrogens with one attached hydrogen (secondary N) is 1. The van der Waals surface area contributed by atoms with Gasteiger partial charge in [-0.2, -0.15) is 0 Å². The zero-order valence-corrected chi connectivity index (χ0v) is 18.3. The molecule has 1 aromatic carbocycles. The molecule has 4 rings (SSSR count). The number of ether oxygens (including phenoxy) is 1. The van der Waals surface area contributed by atoms with Crippen LogP contribution in [0.5, 0.6) is 0 Å². The molecule has 30 heavy (non-hydrogen) atoms. The van der Waals surface area contributed by atoms with Crippen LogP contribution in [0.15, 0.2) is 40.1 Å². The highest BCUT2D eigenvalue weighted by Gasteiger charge is 2.23. The Morgan fingerprint density at radius 3 is 2.70 bits per heavy atom.